The Morgan fingerprint density at radius 1 is 1.19 bits per heavy atom. The van der Waals surface area contributed by atoms with Crippen molar-refractivity contribution in [3.05, 3.63) is 29.8 Å². The van der Waals surface area contributed by atoms with Gasteiger partial charge in [-0.25, -0.2) is 0 Å². The maximum absolute atomic E-state index is 12.5. The van der Waals surface area contributed by atoms with Crippen LogP contribution in [0.1, 0.15) is 44.1 Å². The highest BCUT2D eigenvalue weighted by atomic mass is 35.5. The number of nitrogen functional groups attached to an aromatic ring is 1. The number of likely N-dealkylation sites (tertiary alicyclic amines) is 1. The highest BCUT2D eigenvalue weighted by Crippen LogP contribution is 2.37. The molecular weight excluding hydrogens is 284 g/mol. The first-order chi connectivity index (χ1) is 9.75. The van der Waals surface area contributed by atoms with Crippen LogP contribution in [0.5, 0.6) is 0 Å². The zero-order valence-electron chi connectivity index (χ0n) is 12.5. The Balaban J connectivity index is 0.00000161. The Labute approximate surface area is 133 Å². The second-order valence-corrected chi connectivity index (χ2v) is 6.19. The van der Waals surface area contributed by atoms with Crippen LogP contribution in [0.25, 0.3) is 0 Å². The third kappa shape index (κ3) is 3.52. The van der Waals surface area contributed by atoms with E-state index in [2.05, 4.69) is 4.90 Å². The molecule has 2 N–H and O–H groups in total. The van der Waals surface area contributed by atoms with Crippen molar-refractivity contribution in [3.8, 4) is 0 Å². The summed E-state index contributed by atoms with van der Waals surface area (Å²) in [5.41, 5.74) is 7.84. The molecule has 1 heterocycles. The fourth-order valence-electron chi connectivity index (χ4n) is 3.56. The number of para-hydroxylation sites is 1. The molecule has 1 atom stereocenters. The highest BCUT2D eigenvalue weighted by molar-refractivity contribution is 5.85. The molecule has 1 amide bonds. The summed E-state index contributed by atoms with van der Waals surface area (Å²) in [4.78, 5) is 14.6. The average molecular weight is 309 g/mol. The monoisotopic (exact) mass is 308 g/mol. The van der Waals surface area contributed by atoms with Gasteiger partial charge < -0.3 is 10.6 Å². The van der Waals surface area contributed by atoms with Gasteiger partial charge in [-0.1, -0.05) is 24.6 Å². The van der Waals surface area contributed by atoms with Gasteiger partial charge in [0.25, 0.3) is 0 Å². The molecule has 1 aliphatic carbocycles. The fourth-order valence-corrected chi connectivity index (χ4v) is 3.56. The van der Waals surface area contributed by atoms with Gasteiger partial charge in [-0.3, -0.25) is 4.79 Å². The molecule has 1 saturated heterocycles. The number of rotatable bonds is 4. The van der Waals surface area contributed by atoms with E-state index in [9.17, 15) is 4.79 Å². The minimum atomic E-state index is 0. The van der Waals surface area contributed by atoms with Crippen LogP contribution in [0.4, 0.5) is 5.69 Å². The summed E-state index contributed by atoms with van der Waals surface area (Å²) in [5, 5.41) is 0. The number of amides is 1. The van der Waals surface area contributed by atoms with Gasteiger partial charge in [-0.15, -0.1) is 12.4 Å². The topological polar surface area (TPSA) is 46.3 Å². The lowest BCUT2D eigenvalue weighted by atomic mass is 9.78. The van der Waals surface area contributed by atoms with E-state index < -0.39 is 0 Å². The Kier molecular flexibility index (Phi) is 5.51. The number of carbonyl (C=O) groups excluding carboxylic acids is 1. The Morgan fingerprint density at radius 2 is 1.95 bits per heavy atom. The van der Waals surface area contributed by atoms with Gasteiger partial charge in [0.15, 0.2) is 0 Å². The number of nitrogens with zero attached hydrogens (tertiary/aromatic N) is 1. The third-order valence-electron chi connectivity index (χ3n) is 4.98. The van der Waals surface area contributed by atoms with Crippen LogP contribution < -0.4 is 5.73 Å². The summed E-state index contributed by atoms with van der Waals surface area (Å²) < 4.78 is 0. The number of hydrogen-bond donors (Lipinski definition) is 1. The van der Waals surface area contributed by atoms with Crippen LogP contribution in [0.3, 0.4) is 0 Å². The first-order valence-corrected chi connectivity index (χ1v) is 7.88. The summed E-state index contributed by atoms with van der Waals surface area (Å²) in [5.74, 6) is 1.10. The smallest absolute Gasteiger partial charge is 0.223 e. The van der Waals surface area contributed by atoms with E-state index in [0.29, 0.717) is 18.4 Å². The van der Waals surface area contributed by atoms with E-state index in [4.69, 9.17) is 5.73 Å². The normalized spacial score (nSPS) is 21.7. The van der Waals surface area contributed by atoms with Gasteiger partial charge >= 0.3 is 0 Å². The molecule has 0 bridgehead atoms. The minimum Gasteiger partial charge on any atom is -0.399 e. The first-order valence-electron chi connectivity index (χ1n) is 7.88. The van der Waals surface area contributed by atoms with E-state index in [1.54, 1.807) is 0 Å². The molecule has 4 heteroatoms. The van der Waals surface area contributed by atoms with Crippen LogP contribution in [0.2, 0.25) is 0 Å². The van der Waals surface area contributed by atoms with Crippen LogP contribution in [0, 0.1) is 5.92 Å². The summed E-state index contributed by atoms with van der Waals surface area (Å²) in [6.45, 7) is 0.963. The van der Waals surface area contributed by atoms with Crippen molar-refractivity contribution in [1.82, 2.24) is 4.90 Å². The Hall–Kier alpha value is -1.22. The number of hydrogen-bond acceptors (Lipinski definition) is 2. The van der Waals surface area contributed by atoms with Crippen molar-refractivity contribution in [2.45, 2.75) is 51.0 Å². The Bertz CT molecular complexity index is 487. The van der Waals surface area contributed by atoms with E-state index in [-0.39, 0.29) is 12.4 Å². The van der Waals surface area contributed by atoms with Crippen LogP contribution in [-0.2, 0) is 11.2 Å². The molecule has 1 aliphatic heterocycles. The van der Waals surface area contributed by atoms with Gasteiger partial charge in [0.05, 0.1) is 0 Å². The van der Waals surface area contributed by atoms with Crippen molar-refractivity contribution >= 4 is 24.0 Å². The minimum absolute atomic E-state index is 0. The summed E-state index contributed by atoms with van der Waals surface area (Å²) in [6, 6.07) is 8.39. The van der Waals surface area contributed by atoms with Gasteiger partial charge in [-0.05, 0) is 49.7 Å². The van der Waals surface area contributed by atoms with Crippen LogP contribution in [0.15, 0.2) is 24.3 Å². The fraction of sp³-hybridized carbons (Fsp3) is 0.588. The lowest BCUT2D eigenvalue weighted by Gasteiger charge is -2.37. The van der Waals surface area contributed by atoms with Crippen molar-refractivity contribution < 1.29 is 4.79 Å². The summed E-state index contributed by atoms with van der Waals surface area (Å²) in [7, 11) is 0. The van der Waals surface area contributed by atoms with Gasteiger partial charge in [0.1, 0.15) is 0 Å². The molecular formula is C17H25ClN2O. The molecule has 21 heavy (non-hydrogen) atoms. The second kappa shape index (κ2) is 7.17. The molecule has 1 saturated carbocycles. The number of benzene rings is 1. The number of halogens is 1. The lowest BCUT2D eigenvalue weighted by Crippen LogP contribution is -2.42. The van der Waals surface area contributed by atoms with Gasteiger partial charge in [0, 0.05) is 24.7 Å². The molecule has 1 unspecified atom stereocenters. The quantitative estimate of drug-likeness (QED) is 0.866. The van der Waals surface area contributed by atoms with Crippen molar-refractivity contribution in [2.75, 3.05) is 12.3 Å². The zero-order chi connectivity index (χ0) is 13.9. The Morgan fingerprint density at radius 3 is 2.62 bits per heavy atom. The van der Waals surface area contributed by atoms with Crippen molar-refractivity contribution in [2.24, 2.45) is 5.92 Å². The van der Waals surface area contributed by atoms with E-state index >= 15 is 0 Å². The van der Waals surface area contributed by atoms with E-state index in [0.717, 1.165) is 30.1 Å². The summed E-state index contributed by atoms with van der Waals surface area (Å²) >= 11 is 0. The predicted octanol–water partition coefficient (Wildman–Crippen LogP) is 3.41. The van der Waals surface area contributed by atoms with E-state index in [1.807, 2.05) is 24.3 Å². The van der Waals surface area contributed by atoms with Crippen molar-refractivity contribution in [3.63, 3.8) is 0 Å². The largest absolute Gasteiger partial charge is 0.399 e. The zero-order valence-corrected chi connectivity index (χ0v) is 13.3. The van der Waals surface area contributed by atoms with E-state index in [1.165, 1.54) is 32.1 Å². The van der Waals surface area contributed by atoms with Crippen LogP contribution in [-0.4, -0.2) is 23.4 Å². The number of aryl methyl sites for hydroxylation is 1. The molecule has 0 aromatic heterocycles. The average Bonchev–Trinajstić information content (AvgIpc) is 2.84. The number of carbonyl (C=O) groups is 1. The molecule has 1 aromatic carbocycles. The van der Waals surface area contributed by atoms with Crippen LogP contribution >= 0.6 is 12.4 Å². The SMILES string of the molecule is Cl.Nc1ccccc1CCC(=O)N1CCCC1C1CCC1. The molecule has 3 rings (SSSR count). The first kappa shape index (κ1) is 16.2. The highest BCUT2D eigenvalue weighted by Gasteiger charge is 2.36. The maximum Gasteiger partial charge on any atom is 0.223 e. The number of anilines is 1. The molecule has 0 radical (unpaired) electrons. The predicted molar refractivity (Wildman–Crippen MR) is 88.5 cm³/mol. The second-order valence-electron chi connectivity index (χ2n) is 6.19. The molecule has 2 aliphatic rings. The molecule has 2 fully saturated rings. The molecule has 0 spiro atoms. The molecule has 1 aromatic rings. The van der Waals surface area contributed by atoms with Gasteiger partial charge in [-0.2, -0.15) is 0 Å². The van der Waals surface area contributed by atoms with Crippen molar-refractivity contribution in [1.29, 1.82) is 0 Å². The van der Waals surface area contributed by atoms with Gasteiger partial charge in [0.2, 0.25) is 5.91 Å². The lowest BCUT2D eigenvalue weighted by molar-refractivity contribution is -0.133. The molecule has 3 nitrogen and oxygen atoms in total. The standard InChI is InChI=1S/C17H24N2O.ClH/c18-15-8-2-1-5-13(15)10-11-17(20)19-12-4-9-16(19)14-6-3-7-14;/h1-2,5,8,14,16H,3-4,6-7,9-12,18H2;1H. The maximum atomic E-state index is 12.5. The third-order valence-corrected chi connectivity index (χ3v) is 4.98. The molecule has 116 valence electrons. The summed E-state index contributed by atoms with van der Waals surface area (Å²) in [6.07, 6.45) is 7.74. The number of nitrogens with two attached hydrogens (primary N) is 1.